The van der Waals surface area contributed by atoms with Crippen LogP contribution >= 0.6 is 0 Å². The lowest BCUT2D eigenvalue weighted by molar-refractivity contribution is -0.148. The summed E-state index contributed by atoms with van der Waals surface area (Å²) >= 11 is 0. The lowest BCUT2D eigenvalue weighted by Crippen LogP contribution is -2.34. The number of aromatic nitrogens is 2. The third kappa shape index (κ3) is 3.83. The average molecular weight is 491 g/mol. The van der Waals surface area contributed by atoms with Gasteiger partial charge in [0.1, 0.15) is 12.4 Å². The van der Waals surface area contributed by atoms with E-state index in [9.17, 15) is 14.4 Å². The van der Waals surface area contributed by atoms with Gasteiger partial charge < -0.3 is 24.3 Å². The molecule has 1 aromatic carbocycles. The molecule has 0 bridgehead atoms. The average Bonchev–Trinajstić information content (AvgIpc) is 3.24. The van der Waals surface area contributed by atoms with Crippen LogP contribution in [0.5, 0.6) is 5.75 Å². The molecule has 36 heavy (non-hydrogen) atoms. The summed E-state index contributed by atoms with van der Waals surface area (Å²) in [5.41, 5.74) is 5.44. The normalized spacial score (nSPS) is 15.8. The standard InChI is InChI=1S/C27H30N4O5/c1-5-16-18-8-7-15(36-27(34)30(4)10-9-28-3)11-22(18)29-24-20(16)13-31-23(24)12-19-17(6-2)26(33)35-14-21(19)25(31)32/h7-8,11-12,17,28H,5-6,9-10,13-14H2,1-4H3/t17-/m0/s1. The van der Waals surface area contributed by atoms with Crippen LogP contribution in [0.2, 0.25) is 0 Å². The number of carbonyl (C=O) groups is 2. The summed E-state index contributed by atoms with van der Waals surface area (Å²) in [7, 11) is 3.52. The second-order valence-corrected chi connectivity index (χ2v) is 9.27. The number of amides is 1. The van der Waals surface area contributed by atoms with Crippen LogP contribution in [-0.2, 0) is 29.1 Å². The molecule has 188 valence electrons. The third-order valence-electron chi connectivity index (χ3n) is 7.16. The van der Waals surface area contributed by atoms with E-state index < -0.39 is 12.0 Å². The summed E-state index contributed by atoms with van der Waals surface area (Å²) < 4.78 is 12.6. The van der Waals surface area contributed by atoms with Gasteiger partial charge in [-0.15, -0.1) is 0 Å². The van der Waals surface area contributed by atoms with E-state index in [4.69, 9.17) is 14.5 Å². The number of hydrogen-bond acceptors (Lipinski definition) is 7. The largest absolute Gasteiger partial charge is 0.460 e. The molecule has 3 aromatic rings. The Morgan fingerprint density at radius 2 is 2.06 bits per heavy atom. The zero-order valence-electron chi connectivity index (χ0n) is 21.0. The first kappa shape index (κ1) is 24.0. The van der Waals surface area contributed by atoms with E-state index in [-0.39, 0.29) is 18.1 Å². The molecular weight excluding hydrogens is 460 g/mol. The number of nitrogens with zero attached hydrogens (tertiary/aromatic N) is 3. The summed E-state index contributed by atoms with van der Waals surface area (Å²) in [6.07, 6.45) is 0.877. The van der Waals surface area contributed by atoms with E-state index in [0.717, 1.165) is 34.2 Å². The number of rotatable bonds is 6. The van der Waals surface area contributed by atoms with Gasteiger partial charge >= 0.3 is 12.1 Å². The van der Waals surface area contributed by atoms with Crippen molar-refractivity contribution < 1.29 is 19.1 Å². The monoisotopic (exact) mass is 490 g/mol. The highest BCUT2D eigenvalue weighted by atomic mass is 16.6. The fourth-order valence-electron chi connectivity index (χ4n) is 5.18. The molecule has 1 N–H and O–H groups in total. The number of carbonyl (C=O) groups excluding carboxylic acids is 2. The van der Waals surface area contributed by atoms with Gasteiger partial charge in [0.25, 0.3) is 5.56 Å². The lowest BCUT2D eigenvalue weighted by Gasteiger charge is -2.24. The molecule has 0 radical (unpaired) electrons. The molecule has 9 heteroatoms. The Morgan fingerprint density at radius 1 is 1.25 bits per heavy atom. The van der Waals surface area contributed by atoms with Gasteiger partial charge in [0.05, 0.1) is 34.9 Å². The van der Waals surface area contributed by atoms with Crippen LogP contribution in [0, 0.1) is 0 Å². The highest BCUT2D eigenvalue weighted by molar-refractivity contribution is 5.90. The van der Waals surface area contributed by atoms with Gasteiger partial charge in [0, 0.05) is 37.2 Å². The van der Waals surface area contributed by atoms with Gasteiger partial charge in [-0.25, -0.2) is 9.78 Å². The molecule has 0 saturated heterocycles. The number of cyclic esters (lactones) is 1. The van der Waals surface area contributed by atoms with Gasteiger partial charge in [0.2, 0.25) is 0 Å². The fraction of sp³-hybridized carbons (Fsp3) is 0.407. The van der Waals surface area contributed by atoms with Gasteiger partial charge in [0.15, 0.2) is 0 Å². The first-order valence-electron chi connectivity index (χ1n) is 12.3. The van der Waals surface area contributed by atoms with Crippen LogP contribution in [0.1, 0.15) is 48.4 Å². The molecule has 9 nitrogen and oxygen atoms in total. The molecule has 2 aliphatic heterocycles. The highest BCUT2D eigenvalue weighted by Crippen LogP contribution is 2.39. The Balaban J connectivity index is 1.60. The third-order valence-corrected chi connectivity index (χ3v) is 7.16. The number of nitrogens with one attached hydrogen (secondary N) is 1. The summed E-state index contributed by atoms with van der Waals surface area (Å²) in [6.45, 7) is 5.62. The van der Waals surface area contributed by atoms with E-state index in [1.807, 2.05) is 26.1 Å². The van der Waals surface area contributed by atoms with Crippen LogP contribution in [0.4, 0.5) is 4.79 Å². The Kier molecular flexibility index (Phi) is 6.26. The van der Waals surface area contributed by atoms with Crippen molar-refractivity contribution in [2.75, 3.05) is 27.2 Å². The number of pyridine rings is 2. The first-order chi connectivity index (χ1) is 17.4. The van der Waals surface area contributed by atoms with Crippen molar-refractivity contribution in [1.82, 2.24) is 19.8 Å². The van der Waals surface area contributed by atoms with Gasteiger partial charge in [-0.1, -0.05) is 13.8 Å². The molecule has 1 atom stereocenters. The number of aryl methyl sites for hydroxylation is 1. The zero-order chi connectivity index (χ0) is 25.6. The predicted molar refractivity (Wildman–Crippen MR) is 135 cm³/mol. The second kappa shape index (κ2) is 9.39. The summed E-state index contributed by atoms with van der Waals surface area (Å²) in [5.74, 6) is -0.333. The number of esters is 1. The molecule has 0 saturated carbocycles. The number of hydrogen-bond donors (Lipinski definition) is 1. The summed E-state index contributed by atoms with van der Waals surface area (Å²) in [4.78, 5) is 44.7. The molecule has 0 spiro atoms. The SMILES string of the molecule is CCc1c2c(nc3cc(OC(=O)N(C)CCNC)ccc13)-c1cc3c(c(=O)n1C2)COC(=O)[C@H]3CC. The van der Waals surface area contributed by atoms with Crippen molar-refractivity contribution in [2.24, 2.45) is 0 Å². The molecule has 0 fully saturated rings. The number of benzene rings is 1. The van der Waals surface area contributed by atoms with E-state index in [1.165, 1.54) is 4.90 Å². The predicted octanol–water partition coefficient (Wildman–Crippen LogP) is 3.19. The van der Waals surface area contributed by atoms with Crippen LogP contribution in [0.3, 0.4) is 0 Å². The van der Waals surface area contributed by atoms with E-state index in [2.05, 4.69) is 12.2 Å². The number of fused-ring (bicyclic) bond motifs is 5. The molecule has 1 amide bonds. The summed E-state index contributed by atoms with van der Waals surface area (Å²) in [6, 6.07) is 7.41. The second-order valence-electron chi connectivity index (χ2n) is 9.27. The molecule has 5 rings (SSSR count). The topological polar surface area (TPSA) is 103 Å². The minimum atomic E-state index is -0.451. The lowest BCUT2D eigenvalue weighted by atomic mass is 9.90. The first-order valence-corrected chi connectivity index (χ1v) is 12.3. The maximum atomic E-state index is 13.4. The molecule has 0 aliphatic carbocycles. The van der Waals surface area contributed by atoms with E-state index >= 15 is 0 Å². The fourth-order valence-corrected chi connectivity index (χ4v) is 5.18. The van der Waals surface area contributed by atoms with Crippen LogP contribution < -0.4 is 15.6 Å². The minimum Gasteiger partial charge on any atom is -0.460 e. The molecule has 4 heterocycles. The number of ether oxygens (including phenoxy) is 2. The van der Waals surface area contributed by atoms with Crippen LogP contribution in [-0.4, -0.2) is 53.7 Å². The van der Waals surface area contributed by atoms with Crippen LogP contribution in [0.15, 0.2) is 29.1 Å². The molecule has 2 aliphatic rings. The van der Waals surface area contributed by atoms with Crippen molar-refractivity contribution in [1.29, 1.82) is 0 Å². The molecule has 2 aromatic heterocycles. The Hall–Kier alpha value is -3.72. The quantitative estimate of drug-likeness (QED) is 0.414. The van der Waals surface area contributed by atoms with Crippen molar-refractivity contribution >= 4 is 23.0 Å². The zero-order valence-corrected chi connectivity index (χ0v) is 21.0. The van der Waals surface area contributed by atoms with Crippen molar-refractivity contribution in [3.63, 3.8) is 0 Å². The van der Waals surface area contributed by atoms with Gasteiger partial charge in [-0.05, 0) is 49.2 Å². The Bertz CT molecular complexity index is 1440. The highest BCUT2D eigenvalue weighted by Gasteiger charge is 2.34. The van der Waals surface area contributed by atoms with E-state index in [0.29, 0.717) is 48.6 Å². The molecule has 0 unspecified atom stereocenters. The molecular formula is C27H30N4O5. The van der Waals surface area contributed by atoms with Crippen LogP contribution in [0.25, 0.3) is 22.3 Å². The van der Waals surface area contributed by atoms with Gasteiger partial charge in [-0.2, -0.15) is 0 Å². The number of likely N-dealkylation sites (N-methyl/N-ethyl adjacent to an activating group) is 2. The van der Waals surface area contributed by atoms with E-state index in [1.54, 1.807) is 23.7 Å². The van der Waals surface area contributed by atoms with Crippen molar-refractivity contribution in [3.05, 3.63) is 56.9 Å². The maximum Gasteiger partial charge on any atom is 0.415 e. The van der Waals surface area contributed by atoms with Crippen molar-refractivity contribution in [2.45, 2.75) is 45.8 Å². The Labute approximate surface area is 209 Å². The maximum absolute atomic E-state index is 13.4. The Morgan fingerprint density at radius 3 is 2.78 bits per heavy atom. The van der Waals surface area contributed by atoms with Gasteiger partial charge in [-0.3, -0.25) is 9.59 Å². The minimum absolute atomic E-state index is 0.00760. The van der Waals surface area contributed by atoms with Crippen molar-refractivity contribution in [3.8, 4) is 17.1 Å². The summed E-state index contributed by atoms with van der Waals surface area (Å²) in [5, 5.41) is 3.98. The smallest absolute Gasteiger partial charge is 0.415 e.